The van der Waals surface area contributed by atoms with Gasteiger partial charge < -0.3 is 9.80 Å². The van der Waals surface area contributed by atoms with E-state index in [0.29, 0.717) is 0 Å². The molecule has 65 heavy (non-hydrogen) atoms. The molecule has 2 aliphatic rings. The fourth-order valence-corrected chi connectivity index (χ4v) is 15.3. The molecular weight excluding hydrogens is 801 g/mol. The van der Waals surface area contributed by atoms with Gasteiger partial charge in [0.1, 0.15) is 0 Å². The van der Waals surface area contributed by atoms with Crippen molar-refractivity contribution in [1.29, 1.82) is 0 Å². The summed E-state index contributed by atoms with van der Waals surface area (Å²) in [5.41, 5.74) is 12.1. The highest BCUT2D eigenvalue weighted by Crippen LogP contribution is 2.50. The molecule has 0 fully saturated rings. The van der Waals surface area contributed by atoms with Crippen molar-refractivity contribution in [1.82, 2.24) is 0 Å². The predicted octanol–water partition coefficient (Wildman–Crippen LogP) is 13.5. The number of hydrogen-bond acceptors (Lipinski definition) is 2. The Bertz CT molecular complexity index is 3210. The van der Waals surface area contributed by atoms with Crippen LogP contribution >= 0.6 is 0 Å². The molecule has 0 saturated carbocycles. The van der Waals surface area contributed by atoms with Crippen LogP contribution in [0.2, 0.25) is 0 Å². The molecular formula is C62H50N2Si. The molecule has 0 amide bonds. The van der Waals surface area contributed by atoms with E-state index in [9.17, 15) is 0 Å². The van der Waals surface area contributed by atoms with Crippen LogP contribution in [-0.2, 0) is 5.41 Å². The topological polar surface area (TPSA) is 6.48 Å². The maximum atomic E-state index is 2.48. The highest BCUT2D eigenvalue weighted by atomic mass is 28.3. The van der Waals surface area contributed by atoms with Crippen LogP contribution in [0, 0.1) is 0 Å². The van der Waals surface area contributed by atoms with Crippen LogP contribution < -0.4 is 30.5 Å². The average molecular weight is 851 g/mol. The number of para-hydroxylation sites is 1. The van der Waals surface area contributed by atoms with Crippen molar-refractivity contribution in [2.45, 2.75) is 25.7 Å². The molecule has 0 bridgehead atoms. The van der Waals surface area contributed by atoms with Crippen molar-refractivity contribution < 1.29 is 0 Å². The predicted molar refractivity (Wildman–Crippen MR) is 279 cm³/mol. The van der Waals surface area contributed by atoms with Gasteiger partial charge in [-0.3, -0.25) is 0 Å². The van der Waals surface area contributed by atoms with Gasteiger partial charge in [0, 0.05) is 39.2 Å². The lowest BCUT2D eigenvalue weighted by Crippen LogP contribution is -2.74. The Labute approximate surface area is 384 Å². The van der Waals surface area contributed by atoms with Gasteiger partial charge in [-0.05, 0) is 122 Å². The Balaban J connectivity index is 1.10. The van der Waals surface area contributed by atoms with Gasteiger partial charge in [0.25, 0.3) is 0 Å². The van der Waals surface area contributed by atoms with Gasteiger partial charge in [-0.1, -0.05) is 202 Å². The quantitative estimate of drug-likeness (QED) is 0.0999. The van der Waals surface area contributed by atoms with E-state index in [-0.39, 0.29) is 5.41 Å². The Kier molecular flexibility index (Phi) is 10.3. The third-order valence-electron chi connectivity index (χ3n) is 13.6. The van der Waals surface area contributed by atoms with E-state index in [1.807, 2.05) is 0 Å². The lowest BCUT2D eigenvalue weighted by molar-refractivity contribution is 0.660. The molecule has 9 aromatic carbocycles. The number of rotatable bonds is 10. The highest BCUT2D eigenvalue weighted by molar-refractivity contribution is 7.20. The van der Waals surface area contributed by atoms with Gasteiger partial charge in [0.15, 0.2) is 8.07 Å². The van der Waals surface area contributed by atoms with Crippen LogP contribution in [0.4, 0.5) is 28.4 Å². The fraction of sp³-hybridized carbons (Fsp3) is 0.0645. The summed E-state index contributed by atoms with van der Waals surface area (Å²) in [6, 6.07) is 83.6. The zero-order valence-electron chi connectivity index (χ0n) is 36.9. The Morgan fingerprint density at radius 3 is 1.74 bits per heavy atom. The van der Waals surface area contributed by atoms with Gasteiger partial charge in [-0.15, -0.1) is 0 Å². The van der Waals surface area contributed by atoms with Gasteiger partial charge in [-0.25, -0.2) is 0 Å². The molecule has 2 aliphatic carbocycles. The monoisotopic (exact) mass is 850 g/mol. The van der Waals surface area contributed by atoms with Gasteiger partial charge in [0.2, 0.25) is 0 Å². The molecule has 0 radical (unpaired) electrons. The number of benzene rings is 9. The van der Waals surface area contributed by atoms with E-state index >= 15 is 0 Å². The molecule has 9 aromatic rings. The first-order chi connectivity index (χ1) is 32.0. The summed E-state index contributed by atoms with van der Waals surface area (Å²) in [7, 11) is -2.97. The highest BCUT2D eigenvalue weighted by Gasteiger charge is 2.42. The first-order valence-corrected chi connectivity index (χ1v) is 24.7. The summed E-state index contributed by atoms with van der Waals surface area (Å²) in [5, 5.41) is 7.75. The summed E-state index contributed by atoms with van der Waals surface area (Å²) >= 11 is 0. The zero-order chi connectivity index (χ0) is 43.8. The second-order valence-corrected chi connectivity index (χ2v) is 21.5. The maximum Gasteiger partial charge on any atom is 0.179 e. The van der Waals surface area contributed by atoms with Gasteiger partial charge >= 0.3 is 0 Å². The van der Waals surface area contributed by atoms with Crippen molar-refractivity contribution >= 4 is 68.0 Å². The summed E-state index contributed by atoms with van der Waals surface area (Å²) < 4.78 is 0. The Morgan fingerprint density at radius 1 is 0.415 bits per heavy atom. The number of hydrogen-bond donors (Lipinski definition) is 0. The normalized spacial score (nSPS) is 13.7. The largest absolute Gasteiger partial charge is 0.310 e. The van der Waals surface area contributed by atoms with Crippen LogP contribution in [0.5, 0.6) is 0 Å². The molecule has 3 heteroatoms. The summed E-state index contributed by atoms with van der Waals surface area (Å²) in [6.45, 7) is 4.72. The summed E-state index contributed by atoms with van der Waals surface area (Å²) in [4.78, 5) is 4.87. The molecule has 2 nitrogen and oxygen atoms in total. The van der Waals surface area contributed by atoms with Crippen LogP contribution in [0.15, 0.2) is 261 Å². The first kappa shape index (κ1) is 40.1. The summed E-state index contributed by atoms with van der Waals surface area (Å²) in [5.74, 6) is 0. The third-order valence-corrected chi connectivity index (χ3v) is 18.4. The van der Waals surface area contributed by atoms with Crippen LogP contribution in [-0.4, -0.2) is 8.07 Å². The second-order valence-electron chi connectivity index (χ2n) is 17.6. The molecule has 0 atom stereocenters. The van der Waals surface area contributed by atoms with Crippen LogP contribution in [0.1, 0.15) is 31.4 Å². The lowest BCUT2D eigenvalue weighted by atomic mass is 9.82. The second kappa shape index (κ2) is 16.8. The molecule has 0 aliphatic heterocycles. The molecule has 0 unspecified atom stereocenters. The molecule has 0 heterocycles. The van der Waals surface area contributed by atoms with E-state index in [1.54, 1.807) is 0 Å². The van der Waals surface area contributed by atoms with Crippen LogP contribution in [0.25, 0.3) is 21.9 Å². The van der Waals surface area contributed by atoms with Crippen molar-refractivity contribution in [2.24, 2.45) is 0 Å². The van der Waals surface area contributed by atoms with E-state index in [1.165, 1.54) is 53.8 Å². The van der Waals surface area contributed by atoms with E-state index < -0.39 is 8.07 Å². The number of anilines is 5. The zero-order valence-corrected chi connectivity index (χ0v) is 37.9. The molecule has 11 rings (SSSR count). The third kappa shape index (κ3) is 6.97. The Morgan fingerprint density at radius 2 is 0.969 bits per heavy atom. The Hall–Kier alpha value is -7.72. The average Bonchev–Trinajstić information content (AvgIpc) is 3.50. The van der Waals surface area contributed by atoms with Crippen molar-refractivity contribution in [3.05, 3.63) is 272 Å². The first-order valence-electron chi connectivity index (χ1n) is 22.7. The van der Waals surface area contributed by atoms with E-state index in [2.05, 4.69) is 278 Å². The molecule has 0 N–H and O–H groups in total. The van der Waals surface area contributed by atoms with Crippen LogP contribution in [0.3, 0.4) is 0 Å². The van der Waals surface area contributed by atoms with Crippen molar-refractivity contribution in [3.8, 4) is 11.1 Å². The maximum absolute atomic E-state index is 2.97. The number of allylic oxidation sites excluding steroid dienone is 5. The minimum atomic E-state index is -2.97. The number of fused-ring (bicyclic) bond motifs is 4. The lowest BCUT2D eigenvalue weighted by Gasteiger charge is -2.36. The van der Waals surface area contributed by atoms with Crippen molar-refractivity contribution in [2.75, 3.05) is 9.80 Å². The molecule has 0 spiro atoms. The molecule has 0 saturated heterocycles. The molecule has 0 aromatic heterocycles. The number of nitrogens with zero attached hydrogens (tertiary/aromatic N) is 2. The minimum Gasteiger partial charge on any atom is -0.310 e. The van der Waals surface area contributed by atoms with E-state index in [0.717, 1.165) is 40.6 Å². The summed E-state index contributed by atoms with van der Waals surface area (Å²) in [6.07, 6.45) is 12.1. The smallest absolute Gasteiger partial charge is 0.179 e. The van der Waals surface area contributed by atoms with Crippen molar-refractivity contribution in [3.63, 3.8) is 0 Å². The van der Waals surface area contributed by atoms with Gasteiger partial charge in [-0.2, -0.15) is 0 Å². The van der Waals surface area contributed by atoms with E-state index in [4.69, 9.17) is 0 Å². The van der Waals surface area contributed by atoms with Gasteiger partial charge in [0.05, 0.1) is 5.69 Å². The standard InChI is InChI=1S/C62H50N2Si/c1-62(2)59-36-19-18-35-57(59)58-43-40-51(45-60(58)62)63(47-24-10-5-11-25-47)49-38-41-54(42-39-49)65(52-29-12-6-13-30-52,53-31-14-7-15-32-53)55-33-21-28-50(44-55)64(48-26-8-3-4-9-27-48)61-37-20-23-46-22-16-17-34-56(46)61/h3,5-45H,4H2,1-2H3. The SMILES string of the molecule is CC1(C)c2ccccc2-c2ccc(N(c3ccccc3)c3ccc([Si](c4ccccc4)(c4ccccc4)c4cccc(N(C5=CC=CCC=C5)c5cccc6ccccc56)c4)cc3)cc21. The fourth-order valence-electron chi connectivity index (χ4n) is 10.5. The minimum absolute atomic E-state index is 0.109. The molecule has 312 valence electrons.